The number of H-pyrrole nitrogens is 2. The Bertz CT molecular complexity index is 1820. The Labute approximate surface area is 228 Å². The van der Waals surface area contributed by atoms with Gasteiger partial charge in [-0.3, -0.25) is 24.8 Å². The number of anilines is 1. The second-order valence-electron chi connectivity index (χ2n) is 9.96. The van der Waals surface area contributed by atoms with Crippen LogP contribution in [0.25, 0.3) is 56.1 Å². The molecule has 11 heteroatoms. The molecule has 0 atom stereocenters. The standard InChI is InChI=1S/C29H26N10O/c40-24(12-17-5-9-30-10-6-17)34-20-13-19(15-32-16-20)21-3-4-23-27(35-21)28(39-38-23)29-36-22-7-11-33-25(26(22)37-29)18-2-1-8-31-14-18/h1-4,7-8,11,13-17,30H,5-6,9-10,12H2,(H,34,40)(H,36,37)(H,38,39). The van der Waals surface area contributed by atoms with E-state index in [9.17, 15) is 4.79 Å². The fraction of sp³-hybridized carbons (Fsp3) is 0.207. The lowest BCUT2D eigenvalue weighted by Crippen LogP contribution is -2.30. The van der Waals surface area contributed by atoms with Crippen LogP contribution in [0.3, 0.4) is 0 Å². The molecule has 1 saturated heterocycles. The van der Waals surface area contributed by atoms with Crippen LogP contribution in [0.2, 0.25) is 0 Å². The van der Waals surface area contributed by atoms with E-state index in [0.717, 1.165) is 59.3 Å². The van der Waals surface area contributed by atoms with Gasteiger partial charge >= 0.3 is 0 Å². The van der Waals surface area contributed by atoms with Crippen molar-refractivity contribution >= 4 is 33.7 Å². The van der Waals surface area contributed by atoms with E-state index in [-0.39, 0.29) is 5.91 Å². The fourth-order valence-corrected chi connectivity index (χ4v) is 5.19. The van der Waals surface area contributed by atoms with Crippen molar-refractivity contribution in [3.05, 3.63) is 67.4 Å². The van der Waals surface area contributed by atoms with Gasteiger partial charge in [0.25, 0.3) is 0 Å². The van der Waals surface area contributed by atoms with Gasteiger partial charge in [0, 0.05) is 42.3 Å². The highest BCUT2D eigenvalue weighted by atomic mass is 16.1. The monoisotopic (exact) mass is 530 g/mol. The van der Waals surface area contributed by atoms with Gasteiger partial charge in [0.2, 0.25) is 5.91 Å². The van der Waals surface area contributed by atoms with E-state index in [4.69, 9.17) is 9.97 Å². The molecule has 0 bridgehead atoms. The summed E-state index contributed by atoms with van der Waals surface area (Å²) in [6, 6.07) is 11.5. The molecule has 1 aliphatic heterocycles. The van der Waals surface area contributed by atoms with E-state index in [0.29, 0.717) is 40.8 Å². The second kappa shape index (κ2) is 10.3. The minimum Gasteiger partial charge on any atom is -0.336 e. The summed E-state index contributed by atoms with van der Waals surface area (Å²) in [5, 5.41) is 13.9. The first-order valence-electron chi connectivity index (χ1n) is 13.3. The van der Waals surface area contributed by atoms with Crippen molar-refractivity contribution in [3.63, 3.8) is 0 Å². The summed E-state index contributed by atoms with van der Waals surface area (Å²) < 4.78 is 0. The van der Waals surface area contributed by atoms with E-state index < -0.39 is 0 Å². The predicted octanol–water partition coefficient (Wildman–Crippen LogP) is 4.35. The Hall–Kier alpha value is -5.03. The number of nitrogens with zero attached hydrogens (tertiary/aromatic N) is 6. The Morgan fingerprint density at radius 2 is 1.77 bits per heavy atom. The molecule has 7 heterocycles. The summed E-state index contributed by atoms with van der Waals surface area (Å²) in [5.74, 6) is 1.01. The first kappa shape index (κ1) is 24.0. The normalized spacial score (nSPS) is 14.1. The van der Waals surface area contributed by atoms with Crippen molar-refractivity contribution in [2.75, 3.05) is 18.4 Å². The maximum absolute atomic E-state index is 12.7. The van der Waals surface area contributed by atoms with Crippen molar-refractivity contribution in [1.29, 1.82) is 0 Å². The third-order valence-electron chi connectivity index (χ3n) is 7.22. The van der Waals surface area contributed by atoms with Crippen LogP contribution in [-0.4, -0.2) is 59.1 Å². The SMILES string of the molecule is O=C(CC1CCNCC1)Nc1cncc(-c2ccc3[nH]nc(-c4nc5c(-c6cccnc6)nccc5[nH]4)c3n2)c1. The van der Waals surface area contributed by atoms with Gasteiger partial charge in [-0.05, 0) is 68.2 Å². The highest BCUT2D eigenvalue weighted by molar-refractivity contribution is 5.95. The number of rotatable bonds is 6. The number of hydrogen-bond donors (Lipinski definition) is 4. The van der Waals surface area contributed by atoms with E-state index in [1.165, 1.54) is 0 Å². The van der Waals surface area contributed by atoms with Crippen molar-refractivity contribution in [3.8, 4) is 34.0 Å². The molecular formula is C29H26N10O. The molecule has 4 N–H and O–H groups in total. The van der Waals surface area contributed by atoms with Gasteiger partial charge in [-0.1, -0.05) is 0 Å². The minimum atomic E-state index is 0.0106. The topological polar surface area (TPSA) is 150 Å². The number of piperidine rings is 1. The van der Waals surface area contributed by atoms with Crippen LogP contribution < -0.4 is 10.6 Å². The first-order chi connectivity index (χ1) is 19.7. The quantitative estimate of drug-likeness (QED) is 0.248. The number of carbonyl (C=O) groups is 1. The van der Waals surface area contributed by atoms with Crippen molar-refractivity contribution < 1.29 is 4.79 Å². The van der Waals surface area contributed by atoms with Gasteiger partial charge in [-0.25, -0.2) is 9.97 Å². The van der Waals surface area contributed by atoms with Crippen molar-refractivity contribution in [2.45, 2.75) is 19.3 Å². The maximum Gasteiger partial charge on any atom is 0.224 e. The summed E-state index contributed by atoms with van der Waals surface area (Å²) >= 11 is 0. The van der Waals surface area contributed by atoms with Gasteiger partial charge in [0.15, 0.2) is 11.5 Å². The van der Waals surface area contributed by atoms with Crippen LogP contribution in [-0.2, 0) is 4.79 Å². The Kier molecular flexibility index (Phi) is 6.17. The van der Waals surface area contributed by atoms with Gasteiger partial charge in [0.1, 0.15) is 11.0 Å². The van der Waals surface area contributed by atoms with Crippen LogP contribution >= 0.6 is 0 Å². The summed E-state index contributed by atoms with van der Waals surface area (Å²) in [7, 11) is 0. The number of amides is 1. The number of imidazole rings is 1. The van der Waals surface area contributed by atoms with Crippen LogP contribution in [0, 0.1) is 5.92 Å². The second-order valence-corrected chi connectivity index (χ2v) is 9.96. The smallest absolute Gasteiger partial charge is 0.224 e. The minimum absolute atomic E-state index is 0.0106. The number of aromatic amines is 2. The van der Waals surface area contributed by atoms with Gasteiger partial charge < -0.3 is 15.6 Å². The van der Waals surface area contributed by atoms with Crippen molar-refractivity contribution in [1.82, 2.24) is 45.4 Å². The number of fused-ring (bicyclic) bond motifs is 2. The van der Waals surface area contributed by atoms with E-state index in [2.05, 4.69) is 40.8 Å². The van der Waals surface area contributed by atoms with Crippen molar-refractivity contribution in [2.24, 2.45) is 5.92 Å². The molecule has 198 valence electrons. The lowest BCUT2D eigenvalue weighted by molar-refractivity contribution is -0.117. The maximum atomic E-state index is 12.7. The van der Waals surface area contributed by atoms with Crippen LogP contribution in [0.15, 0.2) is 67.4 Å². The number of aromatic nitrogens is 8. The van der Waals surface area contributed by atoms with E-state index in [1.54, 1.807) is 31.0 Å². The number of carbonyl (C=O) groups excluding carboxylic acids is 1. The van der Waals surface area contributed by atoms with Gasteiger partial charge in [-0.15, -0.1) is 0 Å². The highest BCUT2D eigenvalue weighted by Gasteiger charge is 2.19. The molecule has 0 saturated carbocycles. The summed E-state index contributed by atoms with van der Waals surface area (Å²) in [5.41, 5.74) is 7.41. The fourth-order valence-electron chi connectivity index (χ4n) is 5.19. The van der Waals surface area contributed by atoms with Gasteiger partial charge in [-0.2, -0.15) is 5.10 Å². The predicted molar refractivity (Wildman–Crippen MR) is 152 cm³/mol. The Balaban J connectivity index is 1.19. The molecular weight excluding hydrogens is 504 g/mol. The molecule has 0 radical (unpaired) electrons. The zero-order valence-corrected chi connectivity index (χ0v) is 21.6. The molecule has 0 spiro atoms. The molecule has 0 aliphatic carbocycles. The van der Waals surface area contributed by atoms with Gasteiger partial charge in [0.05, 0.1) is 34.3 Å². The zero-order valence-electron chi connectivity index (χ0n) is 21.6. The largest absolute Gasteiger partial charge is 0.336 e. The number of nitrogens with one attached hydrogen (secondary N) is 4. The molecule has 0 unspecified atom stereocenters. The van der Waals surface area contributed by atoms with Crippen LogP contribution in [0.5, 0.6) is 0 Å². The number of pyridine rings is 4. The lowest BCUT2D eigenvalue weighted by Gasteiger charge is -2.21. The molecule has 0 aromatic carbocycles. The third kappa shape index (κ3) is 4.67. The average Bonchev–Trinajstić information content (AvgIpc) is 3.62. The first-order valence-corrected chi connectivity index (χ1v) is 13.3. The molecule has 6 aromatic rings. The molecule has 1 fully saturated rings. The molecule has 7 rings (SSSR count). The summed E-state index contributed by atoms with van der Waals surface area (Å²) in [6.07, 6.45) is 11.2. The zero-order chi connectivity index (χ0) is 26.9. The highest BCUT2D eigenvalue weighted by Crippen LogP contribution is 2.31. The molecule has 6 aromatic heterocycles. The third-order valence-corrected chi connectivity index (χ3v) is 7.22. The van der Waals surface area contributed by atoms with Crippen LogP contribution in [0.1, 0.15) is 19.3 Å². The Morgan fingerprint density at radius 1 is 0.900 bits per heavy atom. The lowest BCUT2D eigenvalue weighted by atomic mass is 9.94. The van der Waals surface area contributed by atoms with Crippen LogP contribution in [0.4, 0.5) is 5.69 Å². The summed E-state index contributed by atoms with van der Waals surface area (Å²) in [4.78, 5) is 38.9. The van der Waals surface area contributed by atoms with E-state index >= 15 is 0 Å². The number of hydrogen-bond acceptors (Lipinski definition) is 8. The molecule has 1 amide bonds. The average molecular weight is 531 g/mol. The molecule has 40 heavy (non-hydrogen) atoms. The molecule has 1 aliphatic rings. The van der Waals surface area contributed by atoms with E-state index in [1.807, 2.05) is 36.4 Å². The Morgan fingerprint density at radius 3 is 2.65 bits per heavy atom. The molecule has 11 nitrogen and oxygen atoms in total. The summed E-state index contributed by atoms with van der Waals surface area (Å²) in [6.45, 7) is 1.94.